The molecule has 15 heavy (non-hydrogen) atoms. The van der Waals surface area contributed by atoms with Crippen LogP contribution in [-0.2, 0) is 45.7 Å². The standard InChI is InChI=1S/C10H14N2O.CH4.Y/c1-5-9-11-10(8(4)13)7(3)12(9)6-2;;/h2-3,5-6H2,1,4H3;1H4;/q-2;;. The van der Waals surface area contributed by atoms with Crippen molar-refractivity contribution in [3.05, 3.63) is 31.1 Å². The van der Waals surface area contributed by atoms with Gasteiger partial charge in [0, 0.05) is 39.1 Å². The first kappa shape index (κ1) is 17.3. The molecule has 3 nitrogen and oxygen atoms in total. The second kappa shape index (κ2) is 7.18. The maximum atomic E-state index is 11.1. The summed E-state index contributed by atoms with van der Waals surface area (Å²) in [4.78, 5) is 15.3. The summed E-state index contributed by atoms with van der Waals surface area (Å²) in [5.41, 5.74) is 1.15. The van der Waals surface area contributed by atoms with E-state index in [1.807, 2.05) is 11.5 Å². The van der Waals surface area contributed by atoms with Crippen molar-refractivity contribution in [1.29, 1.82) is 0 Å². The fourth-order valence-electron chi connectivity index (χ4n) is 1.35. The van der Waals surface area contributed by atoms with Crippen molar-refractivity contribution in [3.8, 4) is 0 Å². The summed E-state index contributed by atoms with van der Waals surface area (Å²) in [5.74, 6) is 0.845. The fourth-order valence-corrected chi connectivity index (χ4v) is 1.35. The van der Waals surface area contributed by atoms with Gasteiger partial charge in [0.15, 0.2) is 0 Å². The van der Waals surface area contributed by atoms with Crippen molar-refractivity contribution < 1.29 is 37.5 Å². The molecule has 0 aliphatic heterocycles. The van der Waals surface area contributed by atoms with Crippen molar-refractivity contribution in [3.63, 3.8) is 0 Å². The zero-order valence-corrected chi connectivity index (χ0v) is 11.5. The van der Waals surface area contributed by atoms with Crippen LogP contribution in [0.2, 0.25) is 0 Å². The van der Waals surface area contributed by atoms with E-state index < -0.39 is 0 Å². The van der Waals surface area contributed by atoms with Crippen LogP contribution in [0, 0.1) is 13.8 Å². The monoisotopic (exact) mass is 283 g/mol. The number of rotatable bonds is 3. The molecule has 0 saturated carbocycles. The Morgan fingerprint density at radius 3 is 2.33 bits per heavy atom. The smallest absolute Gasteiger partial charge is 0.0993 e. The summed E-state index contributed by atoms with van der Waals surface area (Å²) in [6.07, 6.45) is 0.797. The first-order valence-corrected chi connectivity index (χ1v) is 4.33. The molecule has 0 saturated heterocycles. The Balaban J connectivity index is 0. The van der Waals surface area contributed by atoms with Crippen LogP contribution >= 0.6 is 0 Å². The van der Waals surface area contributed by atoms with E-state index >= 15 is 0 Å². The second-order valence-corrected chi connectivity index (χ2v) is 2.88. The molecule has 0 aromatic carbocycles. The summed E-state index contributed by atoms with van der Waals surface area (Å²) in [6.45, 7) is 11.7. The summed E-state index contributed by atoms with van der Waals surface area (Å²) in [6, 6.07) is 0. The Morgan fingerprint density at radius 1 is 1.53 bits per heavy atom. The van der Waals surface area contributed by atoms with Gasteiger partial charge >= 0.3 is 0 Å². The summed E-state index contributed by atoms with van der Waals surface area (Å²) in [5, 5.41) is 0. The van der Waals surface area contributed by atoms with Crippen LogP contribution in [0.25, 0.3) is 0 Å². The largest absolute Gasteiger partial charge is 0.394 e. The van der Waals surface area contributed by atoms with Crippen LogP contribution in [0.1, 0.15) is 43.3 Å². The van der Waals surface area contributed by atoms with Crippen LogP contribution in [-0.4, -0.2) is 15.3 Å². The SMILES string of the molecule is C.[CH2-]Cn1c(CC)nc(C(C)=O)c1[CH2-].[Y]. The second-order valence-electron chi connectivity index (χ2n) is 2.88. The van der Waals surface area contributed by atoms with Gasteiger partial charge in [0.1, 0.15) is 0 Å². The molecule has 0 unspecified atom stereocenters. The number of imidazole rings is 1. The van der Waals surface area contributed by atoms with Gasteiger partial charge in [-0.2, -0.15) is 0 Å². The predicted molar refractivity (Wildman–Crippen MR) is 58.2 cm³/mol. The number of hydrogen-bond donors (Lipinski definition) is 0. The minimum Gasteiger partial charge on any atom is -0.394 e. The van der Waals surface area contributed by atoms with Crippen LogP contribution < -0.4 is 0 Å². The molecule has 0 atom stereocenters. The summed E-state index contributed by atoms with van der Waals surface area (Å²) in [7, 11) is 0. The van der Waals surface area contributed by atoms with E-state index in [0.717, 1.165) is 12.2 Å². The Labute approximate surface area is 118 Å². The first-order chi connectivity index (χ1) is 6.11. The molecule has 0 aliphatic rings. The van der Waals surface area contributed by atoms with Crippen LogP contribution in [0.5, 0.6) is 0 Å². The number of hydrogen-bond acceptors (Lipinski definition) is 2. The Bertz CT molecular complexity index is 332. The number of ketones is 1. The van der Waals surface area contributed by atoms with Gasteiger partial charge in [0.25, 0.3) is 0 Å². The minimum atomic E-state index is -0.0353. The number of carbonyl (C=O) groups is 1. The topological polar surface area (TPSA) is 34.9 Å². The number of Topliss-reactive ketones (excluding diaryl/α,β-unsaturated/α-hetero) is 1. The van der Waals surface area contributed by atoms with Gasteiger partial charge in [0.05, 0.1) is 11.6 Å². The molecule has 1 radical (unpaired) electrons. The van der Waals surface area contributed by atoms with Crippen molar-refractivity contribution in [2.75, 3.05) is 0 Å². The number of aryl methyl sites for hydroxylation is 1. The van der Waals surface area contributed by atoms with Gasteiger partial charge in [-0.05, 0) is 12.6 Å². The van der Waals surface area contributed by atoms with Gasteiger partial charge in [-0.15, -0.1) is 6.54 Å². The molecule has 4 heteroatoms. The van der Waals surface area contributed by atoms with Crippen LogP contribution in [0.15, 0.2) is 0 Å². The van der Waals surface area contributed by atoms with E-state index in [0.29, 0.717) is 17.9 Å². The van der Waals surface area contributed by atoms with E-state index in [9.17, 15) is 4.79 Å². The van der Waals surface area contributed by atoms with Crippen molar-refractivity contribution >= 4 is 5.78 Å². The first-order valence-electron chi connectivity index (χ1n) is 4.33. The Kier molecular flexibility index (Phi) is 8.26. The van der Waals surface area contributed by atoms with E-state index in [2.05, 4.69) is 18.8 Å². The number of carbonyl (C=O) groups excluding carboxylic acids is 1. The predicted octanol–water partition coefficient (Wildman–Crippen LogP) is 2.30. The molecule has 1 rings (SSSR count). The zero-order valence-electron chi connectivity index (χ0n) is 8.71. The molecule has 1 heterocycles. The van der Waals surface area contributed by atoms with E-state index in [1.54, 1.807) is 0 Å². The third-order valence-corrected chi connectivity index (χ3v) is 2.02. The zero-order chi connectivity index (χ0) is 10.0. The van der Waals surface area contributed by atoms with Crippen molar-refractivity contribution in [2.24, 2.45) is 0 Å². The van der Waals surface area contributed by atoms with Crippen LogP contribution in [0.3, 0.4) is 0 Å². The molecule has 1 aromatic rings. The summed E-state index contributed by atoms with van der Waals surface area (Å²) >= 11 is 0. The van der Waals surface area contributed by atoms with Gasteiger partial charge < -0.3 is 21.3 Å². The molecule has 0 spiro atoms. The molecule has 83 valence electrons. The van der Waals surface area contributed by atoms with Crippen molar-refractivity contribution in [2.45, 2.75) is 34.2 Å². The van der Waals surface area contributed by atoms with Crippen LogP contribution in [0.4, 0.5) is 0 Å². The van der Waals surface area contributed by atoms with Gasteiger partial charge in [-0.3, -0.25) is 0 Å². The van der Waals surface area contributed by atoms with Gasteiger partial charge in [0.2, 0.25) is 0 Å². The molecule has 0 N–H and O–H groups in total. The van der Waals surface area contributed by atoms with E-state index in [1.165, 1.54) is 6.92 Å². The molecule has 0 aliphatic carbocycles. The number of nitrogens with zero attached hydrogens (tertiary/aromatic N) is 2. The molecular formula is C11H18N2OY-2. The van der Waals surface area contributed by atoms with E-state index in [-0.39, 0.29) is 45.9 Å². The third kappa shape index (κ3) is 3.42. The Morgan fingerprint density at radius 2 is 2.07 bits per heavy atom. The molecular weight excluding hydrogens is 265 g/mol. The third-order valence-electron chi connectivity index (χ3n) is 2.02. The molecule has 0 fully saturated rings. The van der Waals surface area contributed by atoms with Crippen molar-refractivity contribution in [1.82, 2.24) is 9.55 Å². The molecule has 0 bridgehead atoms. The molecule has 1 aromatic heterocycles. The Hall–Kier alpha value is -0.146. The molecule has 0 amide bonds. The average Bonchev–Trinajstić information content (AvgIpc) is 2.41. The maximum absolute atomic E-state index is 11.1. The number of aromatic nitrogens is 2. The van der Waals surface area contributed by atoms with Gasteiger partial charge in [-0.1, -0.05) is 20.0 Å². The summed E-state index contributed by atoms with van der Waals surface area (Å²) < 4.78 is 1.87. The van der Waals surface area contributed by atoms with Gasteiger partial charge in [-0.25, -0.2) is 6.92 Å². The minimum absolute atomic E-state index is 0. The quantitative estimate of drug-likeness (QED) is 0.630. The fraction of sp³-hybridized carbons (Fsp3) is 0.455. The average molecular weight is 283 g/mol. The normalized spacial score (nSPS) is 9.00. The van der Waals surface area contributed by atoms with E-state index in [4.69, 9.17) is 0 Å². The maximum Gasteiger partial charge on any atom is 0.0993 e.